The van der Waals surface area contributed by atoms with E-state index in [2.05, 4.69) is 9.62 Å². The zero-order valence-corrected chi connectivity index (χ0v) is 28.3. The van der Waals surface area contributed by atoms with Gasteiger partial charge in [0.1, 0.15) is 24.1 Å². The second kappa shape index (κ2) is 13.8. The maximum absolute atomic E-state index is 13.5. The molecule has 1 N–H and O–H groups in total. The molecule has 46 heavy (non-hydrogen) atoms. The average Bonchev–Trinajstić information content (AvgIpc) is 3.05. The molecule has 6 rings (SSSR count). The second-order valence-electron chi connectivity index (χ2n) is 13.5. The molecule has 0 radical (unpaired) electrons. The highest BCUT2D eigenvalue weighted by atomic mass is 35.5. The van der Waals surface area contributed by atoms with E-state index < -0.39 is 32.9 Å². The first-order valence-corrected chi connectivity index (χ1v) is 18.6. The number of aryl methyl sites for hydroxylation is 1. The van der Waals surface area contributed by atoms with E-state index in [1.54, 1.807) is 25.1 Å². The normalized spacial score (nSPS) is 32.0. The first-order chi connectivity index (χ1) is 22.1. The SMILES string of the molecule is C[C@@H]1[C@@H](C)CCC[C@]2(OCCO[C@H]2C=O)[C@@H]2CC[C@H]2CN2CCCCc3cc(Cl)ccc3COc3ccc(cc32)C(=O)NS1(=O)=O. The number of nitrogens with zero attached hydrogens (tertiary/aromatic N) is 1. The van der Waals surface area contributed by atoms with Crippen LogP contribution in [0.15, 0.2) is 36.4 Å². The Labute approximate surface area is 277 Å². The molecule has 1 amide bonds. The van der Waals surface area contributed by atoms with Crippen molar-refractivity contribution in [1.29, 1.82) is 0 Å². The third-order valence-electron chi connectivity index (χ3n) is 10.8. The number of carbonyl (C=O) groups is 2. The minimum atomic E-state index is -3.96. The smallest absolute Gasteiger partial charge is 0.264 e. The lowest BCUT2D eigenvalue weighted by molar-refractivity contribution is -0.240. The first kappa shape index (κ1) is 33.2. The highest BCUT2D eigenvalue weighted by Crippen LogP contribution is 2.50. The Bertz CT molecular complexity index is 1550. The second-order valence-corrected chi connectivity index (χ2v) is 16.0. The van der Waals surface area contributed by atoms with Gasteiger partial charge in [0.2, 0.25) is 10.0 Å². The summed E-state index contributed by atoms with van der Waals surface area (Å²) in [4.78, 5) is 28.2. The summed E-state index contributed by atoms with van der Waals surface area (Å²) in [6, 6.07) is 11.0. The number of hydrogen-bond donors (Lipinski definition) is 1. The van der Waals surface area contributed by atoms with Crippen molar-refractivity contribution in [2.45, 2.75) is 88.8 Å². The molecule has 2 aromatic rings. The number of aldehydes is 1. The molecule has 1 spiro atoms. The lowest BCUT2D eigenvalue weighted by Gasteiger charge is -2.54. The molecule has 0 aromatic heterocycles. The van der Waals surface area contributed by atoms with Gasteiger partial charge in [-0.3, -0.25) is 4.79 Å². The number of ether oxygens (including phenoxy) is 3. The molecule has 0 unspecified atom stereocenters. The summed E-state index contributed by atoms with van der Waals surface area (Å²) < 4.78 is 48.2. The standard InChI is InChI=1S/C35H45ClN2O7S/c1-23-6-5-14-35(33(21-39)43-16-17-45-35)30-12-9-27(30)20-38-15-4-3-7-25-18-29(36)11-8-28(25)22-44-32-13-10-26(19-31(32)38)34(40)37-46(41,42)24(23)2/h8,10-11,13,18-19,21,23-24,27,30,33H,3-7,9,12,14-17,20,22H2,1-2H3,(H,37,40)/t23-,24+,27-,30+,33-,35-/m0/s1. The average molecular weight is 673 g/mol. The number of nitrogens with one attached hydrogen (secondary N) is 1. The fourth-order valence-corrected chi connectivity index (χ4v) is 9.32. The molecule has 2 aromatic carbocycles. The summed E-state index contributed by atoms with van der Waals surface area (Å²) in [5.41, 5.74) is 2.48. The molecule has 6 atom stereocenters. The largest absolute Gasteiger partial charge is 0.487 e. The van der Waals surface area contributed by atoms with Gasteiger partial charge < -0.3 is 23.9 Å². The number of halogens is 1. The van der Waals surface area contributed by atoms with E-state index in [1.165, 1.54) is 0 Å². The minimum Gasteiger partial charge on any atom is -0.487 e. The molecule has 3 aliphatic heterocycles. The highest BCUT2D eigenvalue weighted by Gasteiger charge is 2.55. The van der Waals surface area contributed by atoms with Crippen LogP contribution in [0.25, 0.3) is 0 Å². The van der Waals surface area contributed by atoms with Crippen molar-refractivity contribution in [2.75, 3.05) is 31.2 Å². The third kappa shape index (κ3) is 6.68. The summed E-state index contributed by atoms with van der Waals surface area (Å²) >= 11 is 6.35. The molecule has 1 saturated carbocycles. The maximum atomic E-state index is 13.5. The molecule has 9 nitrogen and oxygen atoms in total. The van der Waals surface area contributed by atoms with Crippen LogP contribution in [0.1, 0.15) is 80.3 Å². The number of hydrogen-bond acceptors (Lipinski definition) is 8. The van der Waals surface area contributed by atoms with Crippen LogP contribution in [-0.4, -0.2) is 63.9 Å². The van der Waals surface area contributed by atoms with Crippen molar-refractivity contribution in [3.05, 3.63) is 58.1 Å². The van der Waals surface area contributed by atoms with Crippen LogP contribution in [0.5, 0.6) is 5.75 Å². The number of carbonyl (C=O) groups excluding carboxylic acids is 2. The van der Waals surface area contributed by atoms with E-state index in [4.69, 9.17) is 25.8 Å². The summed E-state index contributed by atoms with van der Waals surface area (Å²) in [6.45, 7) is 6.08. The van der Waals surface area contributed by atoms with E-state index in [-0.39, 0.29) is 23.3 Å². The highest BCUT2D eigenvalue weighted by molar-refractivity contribution is 7.90. The van der Waals surface area contributed by atoms with Crippen molar-refractivity contribution in [3.63, 3.8) is 0 Å². The van der Waals surface area contributed by atoms with Gasteiger partial charge in [-0.2, -0.15) is 0 Å². The van der Waals surface area contributed by atoms with Crippen LogP contribution < -0.4 is 14.4 Å². The van der Waals surface area contributed by atoms with E-state index >= 15 is 0 Å². The maximum Gasteiger partial charge on any atom is 0.264 e. The Balaban J connectivity index is 1.41. The van der Waals surface area contributed by atoms with E-state index in [0.717, 1.165) is 61.7 Å². The van der Waals surface area contributed by atoms with Gasteiger partial charge in [0, 0.05) is 23.7 Å². The molecule has 2 fully saturated rings. The van der Waals surface area contributed by atoms with E-state index in [1.807, 2.05) is 25.1 Å². The van der Waals surface area contributed by atoms with Crippen LogP contribution in [0.3, 0.4) is 0 Å². The zero-order chi connectivity index (χ0) is 32.5. The molecule has 4 aliphatic rings. The molecular weight excluding hydrogens is 628 g/mol. The van der Waals surface area contributed by atoms with Gasteiger partial charge in [0.15, 0.2) is 6.29 Å². The van der Waals surface area contributed by atoms with Crippen molar-refractivity contribution in [2.24, 2.45) is 17.8 Å². The topological polar surface area (TPSA) is 111 Å². The first-order valence-electron chi connectivity index (χ1n) is 16.7. The number of benzene rings is 2. The van der Waals surface area contributed by atoms with Crippen LogP contribution in [-0.2, 0) is 37.3 Å². The number of anilines is 1. The summed E-state index contributed by atoms with van der Waals surface area (Å²) in [7, 11) is -3.96. The number of amides is 1. The Morgan fingerprint density at radius 3 is 2.65 bits per heavy atom. The summed E-state index contributed by atoms with van der Waals surface area (Å²) in [5.74, 6) is 0.0953. The van der Waals surface area contributed by atoms with Crippen molar-refractivity contribution < 1.29 is 32.2 Å². The van der Waals surface area contributed by atoms with Gasteiger partial charge in [0.05, 0.1) is 24.2 Å². The predicted molar refractivity (Wildman–Crippen MR) is 177 cm³/mol. The third-order valence-corrected chi connectivity index (χ3v) is 13.0. The van der Waals surface area contributed by atoms with E-state index in [9.17, 15) is 18.0 Å². The lowest BCUT2D eigenvalue weighted by atomic mass is 9.61. The van der Waals surface area contributed by atoms with Crippen LogP contribution in [0.4, 0.5) is 5.69 Å². The molecule has 2 bridgehead atoms. The summed E-state index contributed by atoms with van der Waals surface area (Å²) in [6.07, 6.45) is 6.74. The molecule has 1 aliphatic carbocycles. The zero-order valence-electron chi connectivity index (χ0n) is 26.7. The van der Waals surface area contributed by atoms with Gasteiger partial charge >= 0.3 is 0 Å². The Hall–Kier alpha value is -2.66. The Morgan fingerprint density at radius 1 is 1.02 bits per heavy atom. The molecule has 1 saturated heterocycles. The van der Waals surface area contributed by atoms with Gasteiger partial charge in [0.25, 0.3) is 5.91 Å². The van der Waals surface area contributed by atoms with Crippen LogP contribution in [0.2, 0.25) is 5.02 Å². The molecule has 11 heteroatoms. The van der Waals surface area contributed by atoms with Gasteiger partial charge in [-0.05, 0) is 111 Å². The fraction of sp³-hybridized carbons (Fsp3) is 0.600. The fourth-order valence-electron chi connectivity index (χ4n) is 7.82. The Kier molecular flexibility index (Phi) is 9.99. The summed E-state index contributed by atoms with van der Waals surface area (Å²) in [5, 5.41) is -0.0997. The van der Waals surface area contributed by atoms with Crippen LogP contribution in [0, 0.1) is 17.8 Å². The number of rotatable bonds is 1. The van der Waals surface area contributed by atoms with Gasteiger partial charge in [-0.1, -0.05) is 31.0 Å². The van der Waals surface area contributed by atoms with Crippen molar-refractivity contribution >= 4 is 39.5 Å². The molecule has 3 heterocycles. The lowest BCUT2D eigenvalue weighted by Crippen LogP contribution is -2.62. The Morgan fingerprint density at radius 2 is 1.87 bits per heavy atom. The molecular formula is C35H45ClN2O7S. The van der Waals surface area contributed by atoms with Crippen molar-refractivity contribution in [3.8, 4) is 5.75 Å². The quantitative estimate of drug-likeness (QED) is 0.384. The van der Waals surface area contributed by atoms with E-state index in [0.29, 0.717) is 56.4 Å². The van der Waals surface area contributed by atoms with Gasteiger partial charge in [-0.15, -0.1) is 0 Å². The van der Waals surface area contributed by atoms with Crippen molar-refractivity contribution in [1.82, 2.24) is 4.72 Å². The van der Waals surface area contributed by atoms with Gasteiger partial charge in [-0.25, -0.2) is 13.1 Å². The number of sulfonamides is 1. The number of fused-ring (bicyclic) bond motifs is 4. The predicted octanol–water partition coefficient (Wildman–Crippen LogP) is 5.71. The van der Waals surface area contributed by atoms with Crippen LogP contribution >= 0.6 is 11.6 Å². The monoisotopic (exact) mass is 672 g/mol. The minimum absolute atomic E-state index is 0.104. The molecule has 250 valence electrons.